The zero-order chi connectivity index (χ0) is 10.1. The largest absolute Gasteiger partial charge is 0.396 e. The Morgan fingerprint density at radius 3 is 2.79 bits per heavy atom. The summed E-state index contributed by atoms with van der Waals surface area (Å²) in [7, 11) is 0. The molecule has 1 aromatic carbocycles. The normalized spacial score (nSPS) is 10.4. The summed E-state index contributed by atoms with van der Waals surface area (Å²) in [4.78, 5) is 7.13. The fourth-order valence-electron chi connectivity index (χ4n) is 1.25. The first-order valence-corrected chi connectivity index (χ1v) is 4.24. The van der Waals surface area contributed by atoms with Crippen molar-refractivity contribution in [3.8, 4) is 11.3 Å². The van der Waals surface area contributed by atoms with Crippen LogP contribution < -0.4 is 5.73 Å². The molecule has 0 aliphatic carbocycles. The lowest BCUT2D eigenvalue weighted by molar-refractivity contribution is 0.633. The molecule has 3 nitrogen and oxygen atoms in total. The number of hydrogen-bond donors (Lipinski definition) is 2. The molecular formula is C10H10FN3. The molecule has 4 heteroatoms. The van der Waals surface area contributed by atoms with Crippen molar-refractivity contribution in [2.45, 2.75) is 6.92 Å². The number of benzene rings is 1. The van der Waals surface area contributed by atoms with Crippen molar-refractivity contribution in [1.29, 1.82) is 0 Å². The second kappa shape index (κ2) is 3.14. The Balaban J connectivity index is 2.47. The first kappa shape index (κ1) is 8.74. The van der Waals surface area contributed by atoms with Gasteiger partial charge in [0.25, 0.3) is 0 Å². The molecule has 0 aliphatic rings. The number of aromatic amines is 1. The van der Waals surface area contributed by atoms with Crippen LogP contribution in [0, 0.1) is 12.7 Å². The van der Waals surface area contributed by atoms with E-state index in [9.17, 15) is 4.39 Å². The Morgan fingerprint density at radius 2 is 2.21 bits per heavy atom. The number of nitrogens with two attached hydrogens (primary N) is 1. The van der Waals surface area contributed by atoms with Crippen molar-refractivity contribution in [1.82, 2.24) is 9.97 Å². The first-order chi connectivity index (χ1) is 6.66. The van der Waals surface area contributed by atoms with E-state index in [2.05, 4.69) is 9.97 Å². The highest BCUT2D eigenvalue weighted by Gasteiger charge is 2.04. The van der Waals surface area contributed by atoms with Gasteiger partial charge in [0.15, 0.2) is 0 Å². The summed E-state index contributed by atoms with van der Waals surface area (Å²) in [6.45, 7) is 1.84. The SMILES string of the molecule is Cc1nc(-c2ccc(N)c(F)c2)c[nH]1. The molecule has 2 aromatic rings. The van der Waals surface area contributed by atoms with Crippen molar-refractivity contribution < 1.29 is 4.39 Å². The van der Waals surface area contributed by atoms with Crippen LogP contribution in [-0.2, 0) is 0 Å². The molecule has 0 saturated carbocycles. The molecule has 0 saturated heterocycles. The number of imidazole rings is 1. The third kappa shape index (κ3) is 1.46. The Kier molecular flexibility index (Phi) is 1.96. The maximum Gasteiger partial charge on any atom is 0.146 e. The number of halogens is 1. The highest BCUT2D eigenvalue weighted by Crippen LogP contribution is 2.20. The number of aryl methyl sites for hydroxylation is 1. The van der Waals surface area contributed by atoms with Gasteiger partial charge in [0.05, 0.1) is 11.4 Å². The maximum atomic E-state index is 13.1. The monoisotopic (exact) mass is 191 g/mol. The second-order valence-corrected chi connectivity index (χ2v) is 3.11. The molecule has 72 valence electrons. The third-order valence-electron chi connectivity index (χ3n) is 2.00. The van der Waals surface area contributed by atoms with Crippen LogP contribution in [0.15, 0.2) is 24.4 Å². The lowest BCUT2D eigenvalue weighted by atomic mass is 10.1. The van der Waals surface area contributed by atoms with Gasteiger partial charge in [-0.1, -0.05) is 6.07 Å². The number of rotatable bonds is 1. The van der Waals surface area contributed by atoms with Crippen LogP contribution in [-0.4, -0.2) is 9.97 Å². The van der Waals surface area contributed by atoms with Gasteiger partial charge in [0.2, 0.25) is 0 Å². The second-order valence-electron chi connectivity index (χ2n) is 3.11. The summed E-state index contributed by atoms with van der Waals surface area (Å²) in [6.07, 6.45) is 1.74. The van der Waals surface area contributed by atoms with Gasteiger partial charge in [-0.15, -0.1) is 0 Å². The molecule has 3 N–H and O–H groups in total. The quantitative estimate of drug-likeness (QED) is 0.678. The highest BCUT2D eigenvalue weighted by molar-refractivity contribution is 5.61. The molecule has 0 unspecified atom stereocenters. The van der Waals surface area contributed by atoms with E-state index >= 15 is 0 Å². The van der Waals surface area contributed by atoms with Gasteiger partial charge in [-0.05, 0) is 19.1 Å². The van der Waals surface area contributed by atoms with Crippen molar-refractivity contribution in [2.75, 3.05) is 5.73 Å². The minimum Gasteiger partial charge on any atom is -0.396 e. The molecule has 1 aromatic heterocycles. The number of anilines is 1. The molecule has 0 fully saturated rings. The van der Waals surface area contributed by atoms with Crippen LogP contribution in [0.2, 0.25) is 0 Å². The number of nitrogen functional groups attached to an aromatic ring is 1. The summed E-state index contributed by atoms with van der Waals surface area (Å²) in [6, 6.07) is 4.66. The van der Waals surface area contributed by atoms with Crippen molar-refractivity contribution in [2.24, 2.45) is 0 Å². The maximum absolute atomic E-state index is 13.1. The topological polar surface area (TPSA) is 54.7 Å². The van der Waals surface area contributed by atoms with Crippen LogP contribution >= 0.6 is 0 Å². The lowest BCUT2D eigenvalue weighted by Gasteiger charge is -1.99. The molecule has 0 amide bonds. The summed E-state index contributed by atoms with van der Waals surface area (Å²) in [5, 5.41) is 0. The molecule has 0 aliphatic heterocycles. The standard InChI is InChI=1S/C10H10FN3/c1-6-13-5-10(14-6)7-2-3-9(12)8(11)4-7/h2-5H,12H2,1H3,(H,13,14). The predicted octanol–water partition coefficient (Wildman–Crippen LogP) is 2.11. The van der Waals surface area contributed by atoms with Crippen LogP contribution in [0.1, 0.15) is 5.82 Å². The predicted molar refractivity (Wildman–Crippen MR) is 53.1 cm³/mol. The van der Waals surface area contributed by atoms with E-state index in [1.54, 1.807) is 12.3 Å². The zero-order valence-corrected chi connectivity index (χ0v) is 7.71. The Morgan fingerprint density at radius 1 is 1.43 bits per heavy atom. The average Bonchev–Trinajstić information content (AvgIpc) is 2.57. The molecule has 14 heavy (non-hydrogen) atoms. The van der Waals surface area contributed by atoms with Crippen molar-refractivity contribution in [3.05, 3.63) is 36.0 Å². The van der Waals surface area contributed by atoms with E-state index in [-0.39, 0.29) is 5.69 Å². The van der Waals surface area contributed by atoms with Crippen LogP contribution in [0.3, 0.4) is 0 Å². The first-order valence-electron chi connectivity index (χ1n) is 4.24. The van der Waals surface area contributed by atoms with Gasteiger partial charge >= 0.3 is 0 Å². The minimum absolute atomic E-state index is 0.154. The van der Waals surface area contributed by atoms with Crippen LogP contribution in [0.5, 0.6) is 0 Å². The number of nitrogens with zero attached hydrogens (tertiary/aromatic N) is 1. The van der Waals surface area contributed by atoms with Gasteiger partial charge in [-0.25, -0.2) is 9.37 Å². The van der Waals surface area contributed by atoms with Gasteiger partial charge in [0, 0.05) is 11.8 Å². The minimum atomic E-state index is -0.414. The van der Waals surface area contributed by atoms with E-state index in [1.807, 2.05) is 6.92 Å². The van der Waals surface area contributed by atoms with E-state index in [1.165, 1.54) is 12.1 Å². The molecule has 2 rings (SSSR count). The summed E-state index contributed by atoms with van der Waals surface area (Å²) >= 11 is 0. The van der Waals surface area contributed by atoms with Gasteiger partial charge in [-0.2, -0.15) is 0 Å². The lowest BCUT2D eigenvalue weighted by Crippen LogP contribution is -1.90. The van der Waals surface area contributed by atoms with Crippen molar-refractivity contribution >= 4 is 5.69 Å². The molecular weight excluding hydrogens is 181 g/mol. The third-order valence-corrected chi connectivity index (χ3v) is 2.00. The van der Waals surface area contributed by atoms with Gasteiger partial charge in [-0.3, -0.25) is 0 Å². The van der Waals surface area contributed by atoms with Crippen LogP contribution in [0.25, 0.3) is 11.3 Å². The smallest absolute Gasteiger partial charge is 0.146 e. The summed E-state index contributed by atoms with van der Waals surface area (Å²) in [5.41, 5.74) is 6.97. The Hall–Kier alpha value is -1.84. The highest BCUT2D eigenvalue weighted by atomic mass is 19.1. The van der Waals surface area contributed by atoms with E-state index in [0.29, 0.717) is 0 Å². The number of hydrogen-bond acceptors (Lipinski definition) is 2. The van der Waals surface area contributed by atoms with Gasteiger partial charge < -0.3 is 10.7 Å². The van der Waals surface area contributed by atoms with E-state index in [4.69, 9.17) is 5.73 Å². The van der Waals surface area contributed by atoms with Crippen LogP contribution in [0.4, 0.5) is 10.1 Å². The average molecular weight is 191 g/mol. The number of nitrogens with one attached hydrogen (secondary N) is 1. The molecule has 0 spiro atoms. The fraction of sp³-hybridized carbons (Fsp3) is 0.100. The molecule has 0 bridgehead atoms. The Labute approximate surface area is 80.8 Å². The molecule has 0 radical (unpaired) electrons. The van der Waals surface area contributed by atoms with E-state index in [0.717, 1.165) is 17.1 Å². The summed E-state index contributed by atoms with van der Waals surface area (Å²) < 4.78 is 13.1. The summed E-state index contributed by atoms with van der Waals surface area (Å²) in [5.74, 6) is 0.389. The number of aromatic nitrogens is 2. The van der Waals surface area contributed by atoms with Crippen molar-refractivity contribution in [3.63, 3.8) is 0 Å². The Bertz CT molecular complexity index is 462. The molecule has 1 heterocycles. The zero-order valence-electron chi connectivity index (χ0n) is 7.71. The number of H-pyrrole nitrogens is 1. The van der Waals surface area contributed by atoms with Gasteiger partial charge in [0.1, 0.15) is 11.6 Å². The molecule has 0 atom stereocenters. The fourth-order valence-corrected chi connectivity index (χ4v) is 1.25. The van der Waals surface area contributed by atoms with E-state index < -0.39 is 5.82 Å².